The number of halogens is 1. The van der Waals surface area contributed by atoms with Crippen LogP contribution in [-0.4, -0.2) is 24.1 Å². The van der Waals surface area contributed by atoms with E-state index in [0.717, 1.165) is 11.3 Å². The fourth-order valence-corrected chi connectivity index (χ4v) is 4.64. The first-order valence-corrected chi connectivity index (χ1v) is 10.1. The predicted molar refractivity (Wildman–Crippen MR) is 110 cm³/mol. The zero-order chi connectivity index (χ0) is 20.5. The highest BCUT2D eigenvalue weighted by Gasteiger charge is 2.45. The van der Waals surface area contributed by atoms with Crippen LogP contribution in [0.15, 0.2) is 63.3 Å². The molecule has 1 unspecified atom stereocenters. The molecule has 1 aliphatic heterocycles. The van der Waals surface area contributed by atoms with E-state index in [4.69, 9.17) is 25.7 Å². The van der Waals surface area contributed by atoms with E-state index in [2.05, 4.69) is 0 Å². The van der Waals surface area contributed by atoms with Crippen LogP contribution in [-0.2, 0) is 14.3 Å². The lowest BCUT2D eigenvalue weighted by atomic mass is 9.70. The molecule has 5 nitrogen and oxygen atoms in total. The van der Waals surface area contributed by atoms with E-state index < -0.39 is 11.8 Å². The number of carbonyl (C=O) groups excluding carboxylic acids is 2. The van der Waals surface area contributed by atoms with Crippen LogP contribution in [0.3, 0.4) is 0 Å². The molecule has 2 aliphatic rings. The van der Waals surface area contributed by atoms with Crippen molar-refractivity contribution in [2.75, 3.05) is 6.61 Å². The second-order valence-electron chi connectivity index (χ2n) is 7.39. The molecule has 0 radical (unpaired) electrons. The van der Waals surface area contributed by atoms with Crippen molar-refractivity contribution in [3.05, 3.63) is 70.3 Å². The van der Waals surface area contributed by atoms with Crippen molar-refractivity contribution in [2.24, 2.45) is 10.9 Å². The van der Waals surface area contributed by atoms with E-state index >= 15 is 0 Å². The van der Waals surface area contributed by atoms with E-state index in [1.807, 2.05) is 37.3 Å². The third kappa shape index (κ3) is 3.55. The molecule has 0 saturated carbocycles. The maximum atomic E-state index is 13.3. The van der Waals surface area contributed by atoms with Gasteiger partial charge in [0, 0.05) is 46.7 Å². The minimum Gasteiger partial charge on any atom is -0.469 e. The molecule has 1 aliphatic carbocycles. The summed E-state index contributed by atoms with van der Waals surface area (Å²) in [5.74, 6) is -0.856. The van der Waals surface area contributed by atoms with Crippen LogP contribution in [0.5, 0.6) is 0 Å². The van der Waals surface area contributed by atoms with Gasteiger partial charge in [0.1, 0.15) is 11.7 Å². The monoisotopic (exact) mass is 411 g/mol. The molecular formula is C23H22ClNO4. The molecule has 4 rings (SSSR count). The summed E-state index contributed by atoms with van der Waals surface area (Å²) in [6.07, 6.45) is 2.52. The fourth-order valence-electron chi connectivity index (χ4n) is 4.39. The SMILES string of the molecule is CCOC(=O)C1C(C)=NC2=C(C(=O)C[C@@H](c3ccco3)C2)[C@H]1c1ccccc1Cl. The number of carbonyl (C=O) groups is 2. The van der Waals surface area contributed by atoms with Crippen molar-refractivity contribution in [3.8, 4) is 0 Å². The molecule has 0 bridgehead atoms. The lowest BCUT2D eigenvalue weighted by Gasteiger charge is -2.36. The molecule has 29 heavy (non-hydrogen) atoms. The predicted octanol–water partition coefficient (Wildman–Crippen LogP) is 5.07. The topological polar surface area (TPSA) is 68.9 Å². The minimum absolute atomic E-state index is 0.0249. The number of hydrogen-bond acceptors (Lipinski definition) is 5. The molecule has 6 heteroatoms. The van der Waals surface area contributed by atoms with Crippen molar-refractivity contribution in [3.63, 3.8) is 0 Å². The van der Waals surface area contributed by atoms with Gasteiger partial charge in [-0.2, -0.15) is 0 Å². The van der Waals surface area contributed by atoms with E-state index in [1.165, 1.54) is 0 Å². The average molecular weight is 412 g/mol. The lowest BCUT2D eigenvalue weighted by molar-refractivity contribution is -0.146. The molecule has 0 spiro atoms. The molecule has 2 aromatic rings. The summed E-state index contributed by atoms with van der Waals surface area (Å²) in [4.78, 5) is 30.8. The number of nitrogens with zero attached hydrogens (tertiary/aromatic N) is 1. The molecule has 0 saturated heterocycles. The zero-order valence-electron chi connectivity index (χ0n) is 16.4. The van der Waals surface area contributed by atoms with Gasteiger partial charge in [-0.25, -0.2) is 0 Å². The van der Waals surface area contributed by atoms with Gasteiger partial charge >= 0.3 is 5.97 Å². The second kappa shape index (κ2) is 7.99. The quantitative estimate of drug-likeness (QED) is 0.658. The minimum atomic E-state index is -0.669. The Morgan fingerprint density at radius 1 is 1.24 bits per heavy atom. The number of allylic oxidation sites excluding steroid dienone is 2. The standard InChI is InChI=1S/C23H22ClNO4/c1-3-28-23(27)20-13(2)25-17-11-14(19-9-6-10-29-19)12-18(26)22(17)21(20)15-7-4-5-8-16(15)24/h4-10,14,20-21H,3,11-12H2,1-2H3/t14-,20?,21-/m0/s1. The Balaban J connectivity index is 1.83. The number of furan rings is 1. The molecule has 150 valence electrons. The highest BCUT2D eigenvalue weighted by molar-refractivity contribution is 6.31. The summed E-state index contributed by atoms with van der Waals surface area (Å²) in [6, 6.07) is 11.1. The second-order valence-corrected chi connectivity index (χ2v) is 7.79. The Morgan fingerprint density at radius 2 is 2.03 bits per heavy atom. The van der Waals surface area contributed by atoms with Crippen LogP contribution in [0.4, 0.5) is 0 Å². The summed E-state index contributed by atoms with van der Waals surface area (Å²) < 4.78 is 10.9. The Hall–Kier alpha value is -2.66. The molecule has 1 aromatic carbocycles. The molecule has 1 aromatic heterocycles. The summed E-state index contributed by atoms with van der Waals surface area (Å²) >= 11 is 6.50. The van der Waals surface area contributed by atoms with Crippen LogP contribution in [0.1, 0.15) is 49.8 Å². The fraction of sp³-hybridized carbons (Fsp3) is 0.348. The number of aliphatic imine (C=N–C) groups is 1. The average Bonchev–Trinajstić information content (AvgIpc) is 3.22. The third-order valence-corrected chi connectivity index (χ3v) is 5.96. The molecule has 3 atom stereocenters. The zero-order valence-corrected chi connectivity index (χ0v) is 17.1. The molecule has 0 fully saturated rings. The Labute approximate surface area is 174 Å². The van der Waals surface area contributed by atoms with Crippen LogP contribution >= 0.6 is 11.6 Å². The largest absolute Gasteiger partial charge is 0.469 e. The maximum Gasteiger partial charge on any atom is 0.315 e. The van der Waals surface area contributed by atoms with Crippen molar-refractivity contribution < 1.29 is 18.7 Å². The number of esters is 1. The third-order valence-electron chi connectivity index (χ3n) is 5.61. The number of benzene rings is 1. The summed E-state index contributed by atoms with van der Waals surface area (Å²) in [7, 11) is 0. The van der Waals surface area contributed by atoms with Crippen molar-refractivity contribution in [1.29, 1.82) is 0 Å². The lowest BCUT2D eigenvalue weighted by Crippen LogP contribution is -2.38. The van der Waals surface area contributed by atoms with Gasteiger partial charge in [0.15, 0.2) is 5.78 Å². The van der Waals surface area contributed by atoms with E-state index in [0.29, 0.717) is 34.8 Å². The highest BCUT2D eigenvalue weighted by atomic mass is 35.5. The van der Waals surface area contributed by atoms with Crippen molar-refractivity contribution in [2.45, 2.75) is 38.5 Å². The molecule has 2 heterocycles. The molecule has 0 N–H and O–H groups in total. The van der Waals surface area contributed by atoms with Gasteiger partial charge in [0.25, 0.3) is 0 Å². The van der Waals surface area contributed by atoms with Gasteiger partial charge in [0.2, 0.25) is 0 Å². The first-order valence-electron chi connectivity index (χ1n) is 9.77. The Bertz CT molecular complexity index is 1010. The number of Topliss-reactive ketones (excluding diaryl/α,β-unsaturated/α-hetero) is 1. The van der Waals surface area contributed by atoms with E-state index in [9.17, 15) is 9.59 Å². The van der Waals surface area contributed by atoms with Gasteiger partial charge in [-0.15, -0.1) is 0 Å². The summed E-state index contributed by atoms with van der Waals surface area (Å²) in [5.41, 5.74) is 2.67. The van der Waals surface area contributed by atoms with Gasteiger partial charge < -0.3 is 9.15 Å². The number of ketones is 1. The summed E-state index contributed by atoms with van der Waals surface area (Å²) in [5, 5.41) is 0.523. The van der Waals surface area contributed by atoms with Gasteiger partial charge in [0.05, 0.1) is 12.9 Å². The van der Waals surface area contributed by atoms with Crippen molar-refractivity contribution in [1.82, 2.24) is 0 Å². The normalized spacial score (nSPS) is 24.2. The first-order chi connectivity index (χ1) is 14.0. The van der Waals surface area contributed by atoms with Gasteiger partial charge in [-0.05, 0) is 37.6 Å². The maximum absolute atomic E-state index is 13.3. The van der Waals surface area contributed by atoms with E-state index in [-0.39, 0.29) is 24.3 Å². The van der Waals surface area contributed by atoms with Crippen molar-refractivity contribution >= 4 is 29.1 Å². The van der Waals surface area contributed by atoms with Crippen LogP contribution in [0.25, 0.3) is 0 Å². The number of rotatable bonds is 4. The van der Waals surface area contributed by atoms with Crippen LogP contribution < -0.4 is 0 Å². The van der Waals surface area contributed by atoms with Gasteiger partial charge in [-0.1, -0.05) is 29.8 Å². The molecular weight excluding hydrogens is 390 g/mol. The van der Waals surface area contributed by atoms with Gasteiger partial charge in [-0.3, -0.25) is 14.6 Å². The molecule has 0 amide bonds. The Kier molecular flexibility index (Phi) is 5.41. The first kappa shape index (κ1) is 19.6. The van der Waals surface area contributed by atoms with E-state index in [1.54, 1.807) is 19.3 Å². The van der Waals surface area contributed by atoms with Crippen LogP contribution in [0, 0.1) is 5.92 Å². The highest BCUT2D eigenvalue weighted by Crippen LogP contribution is 2.48. The van der Waals surface area contributed by atoms with Crippen LogP contribution in [0.2, 0.25) is 5.02 Å². The Morgan fingerprint density at radius 3 is 2.72 bits per heavy atom. The smallest absolute Gasteiger partial charge is 0.315 e. The number of hydrogen-bond donors (Lipinski definition) is 0. The summed E-state index contributed by atoms with van der Waals surface area (Å²) in [6.45, 7) is 3.84. The number of ether oxygens (including phenoxy) is 1.